The van der Waals surface area contributed by atoms with Gasteiger partial charge in [-0.25, -0.2) is 4.98 Å². The number of amidine groups is 1. The summed E-state index contributed by atoms with van der Waals surface area (Å²) in [4.78, 5) is 8.19. The zero-order chi connectivity index (χ0) is 9.68. The first-order valence-electron chi connectivity index (χ1n) is 4.35. The van der Waals surface area contributed by atoms with Crippen molar-refractivity contribution in [3.05, 3.63) is 12.2 Å². The highest BCUT2D eigenvalue weighted by atomic mass is 15.3. The molecular weight excluding hydrogens is 166 g/mol. The van der Waals surface area contributed by atoms with E-state index in [1.165, 1.54) is 0 Å². The van der Waals surface area contributed by atoms with Crippen molar-refractivity contribution in [2.45, 2.75) is 26.3 Å². The maximum absolute atomic E-state index is 5.63. The molecule has 1 aromatic rings. The number of nitrogens with two attached hydrogens (primary N) is 1. The molecular formula is C8H15N5. The number of aromatic nitrogens is 3. The van der Waals surface area contributed by atoms with Crippen molar-refractivity contribution < 1.29 is 0 Å². The van der Waals surface area contributed by atoms with E-state index in [4.69, 9.17) is 5.73 Å². The lowest BCUT2D eigenvalue weighted by molar-refractivity contribution is 0.742. The molecule has 13 heavy (non-hydrogen) atoms. The molecule has 2 N–H and O–H groups in total. The lowest BCUT2D eigenvalue weighted by Gasteiger charge is -1.95. The van der Waals surface area contributed by atoms with Crippen molar-refractivity contribution in [3.8, 4) is 0 Å². The molecule has 0 fully saturated rings. The van der Waals surface area contributed by atoms with Gasteiger partial charge in [-0.2, -0.15) is 5.10 Å². The highest BCUT2D eigenvalue weighted by Gasteiger charge is 1.96. The molecule has 0 aliphatic rings. The fourth-order valence-electron chi connectivity index (χ4n) is 0.964. The Morgan fingerprint density at radius 2 is 2.46 bits per heavy atom. The van der Waals surface area contributed by atoms with Crippen molar-refractivity contribution in [2.75, 3.05) is 0 Å². The molecule has 1 heterocycles. The monoisotopic (exact) mass is 181 g/mol. The molecule has 0 bridgehead atoms. The molecule has 0 aliphatic carbocycles. The molecule has 1 aromatic heterocycles. The number of aryl methyl sites for hydroxylation is 1. The fourth-order valence-corrected chi connectivity index (χ4v) is 0.964. The lowest BCUT2D eigenvalue weighted by atomic mass is 10.3. The van der Waals surface area contributed by atoms with Gasteiger partial charge in [-0.1, -0.05) is 6.92 Å². The van der Waals surface area contributed by atoms with Crippen molar-refractivity contribution in [3.63, 3.8) is 0 Å². The summed E-state index contributed by atoms with van der Waals surface area (Å²) < 4.78 is 1.65. The van der Waals surface area contributed by atoms with Crippen molar-refractivity contribution in [2.24, 2.45) is 17.8 Å². The summed E-state index contributed by atoms with van der Waals surface area (Å²) in [7, 11) is 1.83. The number of aliphatic imine (C=N–C) groups is 1. The van der Waals surface area contributed by atoms with Gasteiger partial charge in [0.2, 0.25) is 0 Å². The summed E-state index contributed by atoms with van der Waals surface area (Å²) >= 11 is 0. The maximum atomic E-state index is 5.63. The minimum absolute atomic E-state index is 0.479. The normalized spacial score (nSPS) is 12.0. The average Bonchev–Trinajstić information content (AvgIpc) is 2.49. The summed E-state index contributed by atoms with van der Waals surface area (Å²) in [6, 6.07) is 0. The smallest absolute Gasteiger partial charge is 0.171 e. The summed E-state index contributed by atoms with van der Waals surface area (Å²) in [5.41, 5.74) is 5.63. The number of nitrogens with zero attached hydrogens (tertiary/aromatic N) is 4. The van der Waals surface area contributed by atoms with Crippen molar-refractivity contribution in [1.82, 2.24) is 14.8 Å². The van der Waals surface area contributed by atoms with E-state index in [1.54, 1.807) is 11.0 Å². The Bertz CT molecular complexity index is 288. The average molecular weight is 181 g/mol. The Morgan fingerprint density at radius 1 is 1.69 bits per heavy atom. The SMILES string of the molecule is CCCC(N)=NCc1ncn(C)n1. The Balaban J connectivity index is 2.46. The van der Waals surface area contributed by atoms with Gasteiger partial charge in [-0.05, 0) is 6.42 Å². The van der Waals surface area contributed by atoms with Gasteiger partial charge in [0.05, 0.1) is 5.84 Å². The third kappa shape index (κ3) is 3.23. The molecule has 0 spiro atoms. The van der Waals surface area contributed by atoms with Crippen LogP contribution in [0.3, 0.4) is 0 Å². The molecule has 0 saturated carbocycles. The van der Waals surface area contributed by atoms with Crippen LogP contribution in [0.4, 0.5) is 0 Å². The van der Waals surface area contributed by atoms with Crippen LogP contribution in [0.25, 0.3) is 0 Å². The zero-order valence-corrected chi connectivity index (χ0v) is 8.06. The zero-order valence-electron chi connectivity index (χ0n) is 8.06. The van der Waals surface area contributed by atoms with Gasteiger partial charge in [-0.3, -0.25) is 9.67 Å². The van der Waals surface area contributed by atoms with Gasteiger partial charge in [0.25, 0.3) is 0 Å². The molecule has 0 atom stereocenters. The van der Waals surface area contributed by atoms with Gasteiger partial charge in [0.15, 0.2) is 5.82 Å². The van der Waals surface area contributed by atoms with Crippen LogP contribution in [0.5, 0.6) is 0 Å². The van der Waals surface area contributed by atoms with Gasteiger partial charge in [0, 0.05) is 13.5 Å². The van der Waals surface area contributed by atoms with Crippen molar-refractivity contribution in [1.29, 1.82) is 0 Å². The predicted molar refractivity (Wildman–Crippen MR) is 51.2 cm³/mol. The fraction of sp³-hybridized carbons (Fsp3) is 0.625. The summed E-state index contributed by atoms with van der Waals surface area (Å²) in [6.07, 6.45) is 3.51. The molecule has 0 aliphatic heterocycles. The summed E-state index contributed by atoms with van der Waals surface area (Å²) in [5.74, 6) is 1.39. The predicted octanol–water partition coefficient (Wildman–Crippen LogP) is 0.472. The highest BCUT2D eigenvalue weighted by Crippen LogP contribution is 1.93. The number of hydrogen-bond acceptors (Lipinski definition) is 3. The van der Waals surface area contributed by atoms with Gasteiger partial charge < -0.3 is 5.73 Å². The Morgan fingerprint density at radius 3 is 3.00 bits per heavy atom. The second kappa shape index (κ2) is 4.59. The van der Waals surface area contributed by atoms with E-state index in [0.29, 0.717) is 18.2 Å². The molecule has 0 radical (unpaired) electrons. The number of rotatable bonds is 4. The first kappa shape index (κ1) is 9.70. The van der Waals surface area contributed by atoms with Crippen LogP contribution in [-0.2, 0) is 13.6 Å². The van der Waals surface area contributed by atoms with E-state index in [-0.39, 0.29) is 0 Å². The molecule has 0 aromatic carbocycles. The van der Waals surface area contributed by atoms with Gasteiger partial charge in [-0.15, -0.1) is 0 Å². The third-order valence-corrected chi connectivity index (χ3v) is 1.58. The largest absolute Gasteiger partial charge is 0.387 e. The van der Waals surface area contributed by atoms with E-state index < -0.39 is 0 Å². The third-order valence-electron chi connectivity index (χ3n) is 1.58. The Hall–Kier alpha value is -1.39. The Labute approximate surface area is 77.7 Å². The van der Waals surface area contributed by atoms with Crippen LogP contribution in [0, 0.1) is 0 Å². The van der Waals surface area contributed by atoms with E-state index in [2.05, 4.69) is 22.0 Å². The van der Waals surface area contributed by atoms with Crippen LogP contribution >= 0.6 is 0 Å². The maximum Gasteiger partial charge on any atom is 0.171 e. The lowest BCUT2D eigenvalue weighted by Crippen LogP contribution is -2.11. The standard InChI is InChI=1S/C8H15N5/c1-3-4-7(9)10-5-8-11-6-13(2)12-8/h6H,3-5H2,1-2H3,(H2,9,10). The Kier molecular flexibility index (Phi) is 3.42. The van der Waals surface area contributed by atoms with E-state index in [9.17, 15) is 0 Å². The van der Waals surface area contributed by atoms with Crippen LogP contribution in [0.1, 0.15) is 25.6 Å². The minimum atomic E-state index is 0.479. The molecule has 72 valence electrons. The first-order valence-corrected chi connectivity index (χ1v) is 4.35. The molecule has 5 nitrogen and oxygen atoms in total. The van der Waals surface area contributed by atoms with E-state index in [1.807, 2.05) is 7.05 Å². The molecule has 0 amide bonds. The molecule has 0 saturated heterocycles. The van der Waals surface area contributed by atoms with Crippen LogP contribution in [-0.4, -0.2) is 20.6 Å². The van der Waals surface area contributed by atoms with E-state index >= 15 is 0 Å². The number of hydrogen-bond donors (Lipinski definition) is 1. The highest BCUT2D eigenvalue weighted by molar-refractivity contribution is 5.80. The van der Waals surface area contributed by atoms with Gasteiger partial charge >= 0.3 is 0 Å². The second-order valence-electron chi connectivity index (χ2n) is 2.89. The van der Waals surface area contributed by atoms with Crippen molar-refractivity contribution >= 4 is 5.84 Å². The minimum Gasteiger partial charge on any atom is -0.387 e. The van der Waals surface area contributed by atoms with E-state index in [0.717, 1.165) is 12.8 Å². The summed E-state index contributed by atoms with van der Waals surface area (Å²) in [6.45, 7) is 2.55. The molecule has 1 rings (SSSR count). The van der Waals surface area contributed by atoms with Crippen LogP contribution in [0.15, 0.2) is 11.3 Å². The van der Waals surface area contributed by atoms with Crippen LogP contribution in [0.2, 0.25) is 0 Å². The first-order chi connectivity index (χ1) is 6.22. The molecule has 5 heteroatoms. The second-order valence-corrected chi connectivity index (χ2v) is 2.89. The van der Waals surface area contributed by atoms with Gasteiger partial charge in [0.1, 0.15) is 12.9 Å². The quantitative estimate of drug-likeness (QED) is 0.542. The summed E-state index contributed by atoms with van der Waals surface area (Å²) in [5, 5.41) is 4.09. The molecule has 0 unspecified atom stereocenters. The van der Waals surface area contributed by atoms with Crippen LogP contribution < -0.4 is 5.73 Å². The topological polar surface area (TPSA) is 69.1 Å².